The van der Waals surface area contributed by atoms with Gasteiger partial charge in [0.25, 0.3) is 0 Å². The summed E-state index contributed by atoms with van der Waals surface area (Å²) in [5, 5.41) is 3.03. The van der Waals surface area contributed by atoms with E-state index >= 15 is 0 Å². The molecule has 0 unspecified atom stereocenters. The number of rotatable bonds is 4. The van der Waals surface area contributed by atoms with Crippen LogP contribution in [0.15, 0.2) is 34.8 Å². The summed E-state index contributed by atoms with van der Waals surface area (Å²) in [4.78, 5) is 0. The Bertz CT molecular complexity index is 632. The van der Waals surface area contributed by atoms with E-state index in [9.17, 15) is 8.78 Å². The molecular formula is C15H14BrF2NO. The van der Waals surface area contributed by atoms with Gasteiger partial charge in [-0.15, -0.1) is 0 Å². The van der Waals surface area contributed by atoms with E-state index in [0.29, 0.717) is 16.8 Å². The van der Waals surface area contributed by atoms with Gasteiger partial charge in [0, 0.05) is 11.0 Å². The van der Waals surface area contributed by atoms with E-state index in [-0.39, 0.29) is 5.75 Å². The highest BCUT2D eigenvalue weighted by molar-refractivity contribution is 9.10. The molecule has 0 aliphatic heterocycles. The topological polar surface area (TPSA) is 21.3 Å². The van der Waals surface area contributed by atoms with E-state index in [2.05, 4.69) is 21.2 Å². The van der Waals surface area contributed by atoms with Crippen molar-refractivity contribution in [3.8, 4) is 11.5 Å². The first-order chi connectivity index (χ1) is 9.51. The Morgan fingerprint density at radius 2 is 1.90 bits per heavy atom. The van der Waals surface area contributed by atoms with E-state index in [1.807, 2.05) is 32.2 Å². The molecule has 5 heteroatoms. The van der Waals surface area contributed by atoms with Gasteiger partial charge >= 0.3 is 0 Å². The van der Waals surface area contributed by atoms with Gasteiger partial charge in [0.1, 0.15) is 5.75 Å². The zero-order valence-corrected chi connectivity index (χ0v) is 12.7. The predicted molar refractivity (Wildman–Crippen MR) is 78.1 cm³/mol. The first-order valence-electron chi connectivity index (χ1n) is 6.08. The maximum Gasteiger partial charge on any atom is 0.201 e. The molecule has 2 aromatic rings. The van der Waals surface area contributed by atoms with Crippen LogP contribution in [0.5, 0.6) is 11.5 Å². The highest BCUT2D eigenvalue weighted by Crippen LogP contribution is 2.31. The summed E-state index contributed by atoms with van der Waals surface area (Å²) in [5.41, 5.74) is 1.86. The molecule has 20 heavy (non-hydrogen) atoms. The van der Waals surface area contributed by atoms with Crippen LogP contribution in [0.4, 0.5) is 8.78 Å². The summed E-state index contributed by atoms with van der Waals surface area (Å²) in [6, 6.07) is 8.12. The number of aryl methyl sites for hydroxylation is 1. The Kier molecular flexibility index (Phi) is 4.73. The first-order valence-corrected chi connectivity index (χ1v) is 6.87. The van der Waals surface area contributed by atoms with Crippen LogP contribution >= 0.6 is 15.9 Å². The van der Waals surface area contributed by atoms with Crippen LogP contribution < -0.4 is 10.1 Å². The van der Waals surface area contributed by atoms with Gasteiger partial charge < -0.3 is 10.1 Å². The second kappa shape index (κ2) is 6.33. The number of halogens is 3. The summed E-state index contributed by atoms with van der Waals surface area (Å²) in [7, 11) is 1.84. The Balaban J connectivity index is 2.36. The lowest BCUT2D eigenvalue weighted by molar-refractivity contribution is 0.413. The molecule has 106 valence electrons. The van der Waals surface area contributed by atoms with Crippen molar-refractivity contribution < 1.29 is 13.5 Å². The third kappa shape index (κ3) is 3.35. The first kappa shape index (κ1) is 14.9. The lowest BCUT2D eigenvalue weighted by atomic mass is 10.1. The molecule has 2 nitrogen and oxygen atoms in total. The van der Waals surface area contributed by atoms with Crippen molar-refractivity contribution in [3.63, 3.8) is 0 Å². The van der Waals surface area contributed by atoms with Gasteiger partial charge in [0.2, 0.25) is 5.82 Å². The third-order valence-corrected chi connectivity index (χ3v) is 3.27. The van der Waals surface area contributed by atoms with Crippen LogP contribution in [-0.2, 0) is 6.54 Å². The maximum atomic E-state index is 13.7. The number of hydrogen-bond donors (Lipinski definition) is 1. The average molecular weight is 342 g/mol. The summed E-state index contributed by atoms with van der Waals surface area (Å²) in [6.45, 7) is 2.52. The predicted octanol–water partition coefficient (Wildman–Crippen LogP) is 4.55. The average Bonchev–Trinajstić information content (AvgIpc) is 2.39. The molecule has 0 aromatic heterocycles. The fraction of sp³-hybridized carbons (Fsp3) is 0.200. The smallest absolute Gasteiger partial charge is 0.201 e. The molecule has 0 radical (unpaired) electrons. The van der Waals surface area contributed by atoms with Gasteiger partial charge in [-0.1, -0.05) is 28.1 Å². The Morgan fingerprint density at radius 3 is 2.60 bits per heavy atom. The van der Waals surface area contributed by atoms with Gasteiger partial charge in [-0.3, -0.25) is 0 Å². The van der Waals surface area contributed by atoms with Crippen LogP contribution in [-0.4, -0.2) is 7.05 Å². The minimum absolute atomic E-state index is 0.137. The zero-order valence-electron chi connectivity index (χ0n) is 11.1. The molecule has 1 N–H and O–H groups in total. The van der Waals surface area contributed by atoms with Crippen molar-refractivity contribution in [1.82, 2.24) is 5.32 Å². The van der Waals surface area contributed by atoms with E-state index in [4.69, 9.17) is 4.74 Å². The quantitative estimate of drug-likeness (QED) is 0.824. The van der Waals surface area contributed by atoms with Gasteiger partial charge in [-0.25, -0.2) is 4.39 Å². The molecule has 0 amide bonds. The number of benzene rings is 2. The second-order valence-electron chi connectivity index (χ2n) is 4.43. The molecule has 0 saturated heterocycles. The lowest BCUT2D eigenvalue weighted by Gasteiger charge is -2.12. The highest BCUT2D eigenvalue weighted by atomic mass is 79.9. The van der Waals surface area contributed by atoms with Gasteiger partial charge in [-0.2, -0.15) is 4.39 Å². The Morgan fingerprint density at radius 1 is 1.15 bits per heavy atom. The van der Waals surface area contributed by atoms with Crippen LogP contribution in [0.25, 0.3) is 0 Å². The van der Waals surface area contributed by atoms with E-state index < -0.39 is 11.6 Å². The zero-order chi connectivity index (χ0) is 14.7. The van der Waals surface area contributed by atoms with Gasteiger partial charge in [-0.05, 0) is 43.3 Å². The molecule has 2 aromatic carbocycles. The van der Waals surface area contributed by atoms with E-state index in [1.54, 1.807) is 0 Å². The Labute approximate surface area is 124 Å². The fourth-order valence-corrected chi connectivity index (χ4v) is 2.20. The molecule has 0 bridgehead atoms. The standard InChI is InChI=1S/C15H14BrF2NO/c1-9-3-4-10(8-19-2)5-13(9)20-14-7-11(16)6-12(17)15(14)18/h3-7,19H,8H2,1-2H3. The second-order valence-corrected chi connectivity index (χ2v) is 5.35. The van der Waals surface area contributed by atoms with Crippen molar-refractivity contribution in [2.75, 3.05) is 7.05 Å². The summed E-state index contributed by atoms with van der Waals surface area (Å²) in [6.07, 6.45) is 0. The van der Waals surface area contributed by atoms with Crippen LogP contribution in [0.1, 0.15) is 11.1 Å². The Hall–Kier alpha value is -1.46. The molecule has 0 atom stereocenters. The van der Waals surface area contributed by atoms with Crippen molar-refractivity contribution in [1.29, 1.82) is 0 Å². The molecule has 0 aliphatic rings. The van der Waals surface area contributed by atoms with Gasteiger partial charge in [0.15, 0.2) is 11.6 Å². The molecule has 0 spiro atoms. The van der Waals surface area contributed by atoms with Gasteiger partial charge in [0.05, 0.1) is 0 Å². The largest absolute Gasteiger partial charge is 0.454 e. The summed E-state index contributed by atoms with van der Waals surface area (Å²) >= 11 is 3.12. The van der Waals surface area contributed by atoms with Crippen molar-refractivity contribution in [2.45, 2.75) is 13.5 Å². The summed E-state index contributed by atoms with van der Waals surface area (Å²) in [5.74, 6) is -1.57. The van der Waals surface area contributed by atoms with Crippen molar-refractivity contribution >= 4 is 15.9 Å². The minimum Gasteiger partial charge on any atom is -0.454 e. The van der Waals surface area contributed by atoms with Crippen molar-refractivity contribution in [2.24, 2.45) is 0 Å². The third-order valence-electron chi connectivity index (χ3n) is 2.81. The van der Waals surface area contributed by atoms with Crippen LogP contribution in [0.3, 0.4) is 0 Å². The number of ether oxygens (including phenoxy) is 1. The van der Waals surface area contributed by atoms with E-state index in [0.717, 1.165) is 17.2 Å². The highest BCUT2D eigenvalue weighted by Gasteiger charge is 2.13. The lowest BCUT2D eigenvalue weighted by Crippen LogP contribution is -2.05. The molecule has 0 aliphatic carbocycles. The number of hydrogen-bond acceptors (Lipinski definition) is 2. The molecular weight excluding hydrogens is 328 g/mol. The molecule has 0 heterocycles. The maximum absolute atomic E-state index is 13.7. The molecule has 0 fully saturated rings. The molecule has 0 saturated carbocycles. The van der Waals surface area contributed by atoms with Crippen LogP contribution in [0.2, 0.25) is 0 Å². The van der Waals surface area contributed by atoms with E-state index in [1.165, 1.54) is 6.07 Å². The van der Waals surface area contributed by atoms with Crippen LogP contribution in [0, 0.1) is 18.6 Å². The fourth-order valence-electron chi connectivity index (χ4n) is 1.79. The molecule has 2 rings (SSSR count). The SMILES string of the molecule is CNCc1ccc(C)c(Oc2cc(Br)cc(F)c2F)c1. The monoisotopic (exact) mass is 341 g/mol. The normalized spacial score (nSPS) is 10.7. The summed E-state index contributed by atoms with van der Waals surface area (Å²) < 4.78 is 33.0. The minimum atomic E-state index is -0.994. The number of nitrogens with one attached hydrogen (secondary N) is 1. The van der Waals surface area contributed by atoms with Crippen molar-refractivity contribution in [3.05, 3.63) is 57.6 Å².